The van der Waals surface area contributed by atoms with Crippen LogP contribution in [-0.4, -0.2) is 11.0 Å². The molecule has 2 rings (SSSR count). The van der Waals surface area contributed by atoms with Crippen molar-refractivity contribution in [3.8, 4) is 17.0 Å². The van der Waals surface area contributed by atoms with Crippen LogP contribution in [0.4, 0.5) is 0 Å². The van der Waals surface area contributed by atoms with Gasteiger partial charge in [-0.1, -0.05) is 41.9 Å². The Morgan fingerprint density at radius 2 is 1.94 bits per heavy atom. The van der Waals surface area contributed by atoms with E-state index in [0.717, 1.165) is 11.1 Å². The standard InChI is InChI=1S/C13H10ClNO2/c1-9(16)17-13-12(14)11(7-8-15-13)10-5-3-2-4-6-10/h2-8H,1H3. The second-order valence-electron chi connectivity index (χ2n) is 3.44. The van der Waals surface area contributed by atoms with E-state index in [1.165, 1.54) is 6.92 Å². The van der Waals surface area contributed by atoms with Crippen molar-refractivity contribution in [1.82, 2.24) is 4.98 Å². The fraction of sp³-hybridized carbons (Fsp3) is 0.0769. The topological polar surface area (TPSA) is 39.2 Å². The van der Waals surface area contributed by atoms with E-state index in [0.29, 0.717) is 5.02 Å². The molecule has 0 unspecified atom stereocenters. The van der Waals surface area contributed by atoms with Crippen LogP contribution in [0, 0.1) is 0 Å². The lowest BCUT2D eigenvalue weighted by atomic mass is 10.1. The van der Waals surface area contributed by atoms with Crippen molar-refractivity contribution >= 4 is 17.6 Å². The largest absolute Gasteiger partial charge is 0.406 e. The SMILES string of the molecule is CC(=O)Oc1nccc(-c2ccccc2)c1Cl. The number of hydrogen-bond donors (Lipinski definition) is 0. The van der Waals surface area contributed by atoms with E-state index in [1.54, 1.807) is 12.3 Å². The summed E-state index contributed by atoms with van der Waals surface area (Å²) in [6, 6.07) is 11.4. The fourth-order valence-corrected chi connectivity index (χ4v) is 1.73. The third kappa shape index (κ3) is 2.63. The highest BCUT2D eigenvalue weighted by molar-refractivity contribution is 6.34. The number of esters is 1. The summed E-state index contributed by atoms with van der Waals surface area (Å²) in [5, 5.41) is 0.342. The average molecular weight is 248 g/mol. The van der Waals surface area contributed by atoms with Crippen molar-refractivity contribution in [3.05, 3.63) is 47.6 Å². The second kappa shape index (κ2) is 4.97. The molecular weight excluding hydrogens is 238 g/mol. The van der Waals surface area contributed by atoms with Crippen LogP contribution in [-0.2, 0) is 4.79 Å². The van der Waals surface area contributed by atoms with Crippen LogP contribution in [0.5, 0.6) is 5.88 Å². The number of nitrogens with zero attached hydrogens (tertiary/aromatic N) is 1. The van der Waals surface area contributed by atoms with Crippen LogP contribution in [0.3, 0.4) is 0 Å². The Morgan fingerprint density at radius 1 is 1.24 bits per heavy atom. The summed E-state index contributed by atoms with van der Waals surface area (Å²) in [6.07, 6.45) is 1.56. The number of carbonyl (C=O) groups is 1. The van der Waals surface area contributed by atoms with Crippen molar-refractivity contribution in [3.63, 3.8) is 0 Å². The minimum absolute atomic E-state index is 0.139. The summed E-state index contributed by atoms with van der Waals surface area (Å²) < 4.78 is 4.93. The van der Waals surface area contributed by atoms with Crippen LogP contribution in [0.15, 0.2) is 42.6 Å². The predicted octanol–water partition coefficient (Wildman–Crippen LogP) is 3.33. The maximum Gasteiger partial charge on any atom is 0.309 e. The first kappa shape index (κ1) is 11.6. The summed E-state index contributed by atoms with van der Waals surface area (Å²) >= 11 is 6.15. The van der Waals surface area contributed by atoms with Crippen LogP contribution in [0.1, 0.15) is 6.92 Å². The first-order valence-electron chi connectivity index (χ1n) is 5.07. The molecule has 86 valence electrons. The first-order chi connectivity index (χ1) is 8.18. The zero-order chi connectivity index (χ0) is 12.3. The molecule has 2 aromatic rings. The molecule has 1 heterocycles. The number of aromatic nitrogens is 1. The monoisotopic (exact) mass is 247 g/mol. The van der Waals surface area contributed by atoms with Crippen LogP contribution >= 0.6 is 11.6 Å². The van der Waals surface area contributed by atoms with E-state index >= 15 is 0 Å². The van der Waals surface area contributed by atoms with Crippen molar-refractivity contribution in [2.75, 3.05) is 0 Å². The Kier molecular flexibility index (Phi) is 3.40. The molecule has 0 aliphatic rings. The lowest BCUT2D eigenvalue weighted by Gasteiger charge is -2.07. The minimum atomic E-state index is -0.440. The molecule has 17 heavy (non-hydrogen) atoms. The lowest BCUT2D eigenvalue weighted by molar-refractivity contribution is -0.132. The molecule has 1 aromatic heterocycles. The molecule has 0 bridgehead atoms. The summed E-state index contributed by atoms with van der Waals surface area (Å²) in [5.74, 6) is -0.301. The van der Waals surface area contributed by atoms with Gasteiger partial charge in [0, 0.05) is 18.7 Å². The van der Waals surface area contributed by atoms with Gasteiger partial charge in [0.1, 0.15) is 5.02 Å². The predicted molar refractivity (Wildman–Crippen MR) is 66.0 cm³/mol. The zero-order valence-electron chi connectivity index (χ0n) is 9.18. The Bertz CT molecular complexity index is 540. The van der Waals surface area contributed by atoms with Gasteiger partial charge in [-0.25, -0.2) is 4.98 Å². The molecule has 0 saturated heterocycles. The van der Waals surface area contributed by atoms with E-state index in [-0.39, 0.29) is 5.88 Å². The third-order valence-corrected chi connectivity index (χ3v) is 2.55. The summed E-state index contributed by atoms with van der Waals surface area (Å²) in [5.41, 5.74) is 1.74. The maximum absolute atomic E-state index is 10.9. The van der Waals surface area contributed by atoms with Crippen LogP contribution in [0.25, 0.3) is 11.1 Å². The molecule has 0 atom stereocenters. The summed E-state index contributed by atoms with van der Waals surface area (Å²) in [4.78, 5) is 14.8. The first-order valence-corrected chi connectivity index (χ1v) is 5.44. The number of carbonyl (C=O) groups excluding carboxylic acids is 1. The number of halogens is 1. The maximum atomic E-state index is 10.9. The third-order valence-electron chi connectivity index (χ3n) is 2.18. The van der Waals surface area contributed by atoms with E-state index in [9.17, 15) is 4.79 Å². The fourth-order valence-electron chi connectivity index (χ4n) is 1.47. The normalized spacial score (nSPS) is 10.0. The van der Waals surface area contributed by atoms with Gasteiger partial charge in [-0.15, -0.1) is 0 Å². The number of rotatable bonds is 2. The molecule has 0 spiro atoms. The molecule has 0 aliphatic heterocycles. The van der Waals surface area contributed by atoms with Gasteiger partial charge in [-0.3, -0.25) is 4.79 Å². The van der Waals surface area contributed by atoms with E-state index < -0.39 is 5.97 Å². The molecule has 0 aliphatic carbocycles. The highest BCUT2D eigenvalue weighted by Gasteiger charge is 2.11. The van der Waals surface area contributed by atoms with Gasteiger partial charge < -0.3 is 4.74 Å². The molecule has 0 N–H and O–H groups in total. The lowest BCUT2D eigenvalue weighted by Crippen LogP contribution is -2.03. The molecule has 4 heteroatoms. The van der Waals surface area contributed by atoms with Gasteiger partial charge >= 0.3 is 5.97 Å². The van der Waals surface area contributed by atoms with Crippen molar-refractivity contribution in [1.29, 1.82) is 0 Å². The number of ether oxygens (including phenoxy) is 1. The van der Waals surface area contributed by atoms with Crippen molar-refractivity contribution in [2.24, 2.45) is 0 Å². The van der Waals surface area contributed by atoms with Crippen LogP contribution in [0.2, 0.25) is 5.02 Å². The Morgan fingerprint density at radius 3 is 2.59 bits per heavy atom. The molecule has 0 fully saturated rings. The van der Waals surface area contributed by atoms with Gasteiger partial charge in [-0.05, 0) is 11.6 Å². The zero-order valence-corrected chi connectivity index (χ0v) is 9.94. The smallest absolute Gasteiger partial charge is 0.309 e. The van der Waals surface area contributed by atoms with Gasteiger partial charge in [-0.2, -0.15) is 0 Å². The number of hydrogen-bond acceptors (Lipinski definition) is 3. The minimum Gasteiger partial charge on any atom is -0.406 e. The highest BCUT2D eigenvalue weighted by Crippen LogP contribution is 2.33. The van der Waals surface area contributed by atoms with Gasteiger partial charge in [0.15, 0.2) is 0 Å². The average Bonchev–Trinajstić information content (AvgIpc) is 2.32. The second-order valence-corrected chi connectivity index (χ2v) is 3.82. The number of pyridine rings is 1. The van der Waals surface area contributed by atoms with E-state index in [2.05, 4.69) is 4.98 Å². The van der Waals surface area contributed by atoms with Gasteiger partial charge in [0.25, 0.3) is 0 Å². The van der Waals surface area contributed by atoms with E-state index in [1.807, 2.05) is 30.3 Å². The molecule has 3 nitrogen and oxygen atoms in total. The molecule has 0 saturated carbocycles. The van der Waals surface area contributed by atoms with Gasteiger partial charge in [0.2, 0.25) is 5.88 Å². The van der Waals surface area contributed by atoms with E-state index in [4.69, 9.17) is 16.3 Å². The van der Waals surface area contributed by atoms with Crippen molar-refractivity contribution in [2.45, 2.75) is 6.92 Å². The highest BCUT2D eigenvalue weighted by atomic mass is 35.5. The Labute approximate surface area is 104 Å². The van der Waals surface area contributed by atoms with Crippen molar-refractivity contribution < 1.29 is 9.53 Å². The molecular formula is C13H10ClNO2. The molecule has 0 radical (unpaired) electrons. The summed E-state index contributed by atoms with van der Waals surface area (Å²) in [6.45, 7) is 1.31. The van der Waals surface area contributed by atoms with Gasteiger partial charge in [0.05, 0.1) is 0 Å². The quantitative estimate of drug-likeness (QED) is 0.764. The number of benzene rings is 1. The molecule has 1 aromatic carbocycles. The summed E-state index contributed by atoms with van der Waals surface area (Å²) in [7, 11) is 0. The molecule has 0 amide bonds. The van der Waals surface area contributed by atoms with Crippen LogP contribution < -0.4 is 4.74 Å². The Balaban J connectivity index is 2.46. The Hall–Kier alpha value is -1.87.